The molecule has 23 atom stereocenters. The molecule has 0 amide bonds. The second-order valence-electron chi connectivity index (χ2n) is 29.2. The minimum absolute atomic E-state index is 0.0000406. The Balaban J connectivity index is 0.699. The average molecular weight is 1770 g/mol. The number of halogens is 6. The third kappa shape index (κ3) is 19.1. The Morgan fingerprint density at radius 1 is 0.463 bits per heavy atom. The summed E-state index contributed by atoms with van der Waals surface area (Å²) in [5, 5.41) is 46.6. The lowest BCUT2D eigenvalue weighted by atomic mass is 9.95. The Bertz CT molecular complexity index is 5560. The number of H-pyrrole nitrogens is 3. The Morgan fingerprint density at radius 2 is 0.744 bits per heavy atom. The van der Waals surface area contributed by atoms with Crippen LogP contribution in [0.4, 0.5) is 44.2 Å². The van der Waals surface area contributed by atoms with E-state index in [2.05, 4.69) is 55.8 Å². The van der Waals surface area contributed by atoms with Crippen molar-refractivity contribution in [3.63, 3.8) is 0 Å². The van der Waals surface area contributed by atoms with E-state index in [1.807, 2.05) is 0 Å². The number of alkyl halides is 6. The molecule has 121 heavy (non-hydrogen) atoms. The zero-order chi connectivity index (χ0) is 87.8. The molecule has 3 saturated heterocycles. The van der Waals surface area contributed by atoms with Crippen molar-refractivity contribution in [1.29, 1.82) is 0 Å². The molecular weight excluding hydrogens is 1680 g/mol. The summed E-state index contributed by atoms with van der Waals surface area (Å²) in [6, 6.07) is 21.0. The van der Waals surface area contributed by atoms with Gasteiger partial charge in [-0.05, 0) is 124 Å². The normalized spacial score (nSPS) is 26.5. The van der Waals surface area contributed by atoms with Crippen LogP contribution in [0.2, 0.25) is 0 Å². The highest BCUT2D eigenvalue weighted by Crippen LogP contribution is 2.55. The topological polar surface area (TPSA) is 512 Å². The van der Waals surface area contributed by atoms with Gasteiger partial charge in [0.15, 0.2) is 48.1 Å². The molecule has 0 spiro atoms. The van der Waals surface area contributed by atoms with Crippen LogP contribution in [0.25, 0.3) is 33.1 Å². The fraction of sp³-hybridized carbons (Fsp3) is 0.466. The van der Waals surface area contributed by atoms with Gasteiger partial charge in [-0.3, -0.25) is 57.3 Å². The van der Waals surface area contributed by atoms with Gasteiger partial charge < -0.3 is 87.4 Å². The van der Waals surface area contributed by atoms with Gasteiger partial charge >= 0.3 is 41.1 Å². The fourth-order valence-corrected chi connectivity index (χ4v) is 18.8. The standard InChI is InChI=1S/C73H88F6N15O24P3/c1-35(2)107-62(101)36(3)89-119(104,116-44-20-14-11-15-21-44)113-40(7)51-54(96)72(78,33-75)66(111-51)93-30-27-48-57(93)84-69(87-60(48)99)82-43(10)109-64(103)38(5)91-121(106,118-46-24-18-13-19-25-46)115-41(8)52-55(97)73(79,34-76)67(112-52)94-31-28-49-58(94)85-70(88-61(49)100)81-42(9)108-63(102)37(4)90-120(105,117-45-22-16-12-17-23-45)114-39(6)50-53(95)71(77,32-74)65(110-50)92-29-26-47-56(92)83-68(80)86-59(47)98/h11-31,35-43,50-55,65-67,95-97H,32-34H2,1-10H3,(H,89,104)(H,90,105)(H,91,106)(H3,80,83,86,98)(H2,81,85,88,100)(H2,82,84,87,99)/t36-,37-,38-,39+,40+,41+,42?,43?,50+,51+,52+,53?,54?,55?,65+,66+,67+,71+,72+,73+,119?,120+,121-/m0/s1. The van der Waals surface area contributed by atoms with Crippen molar-refractivity contribution in [2.75, 3.05) is 36.4 Å². The van der Waals surface area contributed by atoms with Crippen molar-refractivity contribution in [1.82, 2.24) is 58.9 Å². The molecule has 6 unspecified atom stereocenters. The first-order chi connectivity index (χ1) is 57.1. The van der Waals surface area contributed by atoms with E-state index in [1.54, 1.807) is 44.2 Å². The summed E-state index contributed by atoms with van der Waals surface area (Å²) < 4.78 is 213. The summed E-state index contributed by atoms with van der Waals surface area (Å²) in [4.78, 5) is 101. The summed E-state index contributed by atoms with van der Waals surface area (Å²) in [7, 11) is -14.7. The minimum atomic E-state index is -5.04. The molecule has 48 heteroatoms. The van der Waals surface area contributed by atoms with Crippen molar-refractivity contribution in [3.05, 3.63) is 159 Å². The maximum atomic E-state index is 17.4. The summed E-state index contributed by atoms with van der Waals surface area (Å²) in [6.45, 7) is 7.13. The predicted molar refractivity (Wildman–Crippen MR) is 418 cm³/mol. The highest BCUT2D eigenvalue weighted by Gasteiger charge is 2.64. The van der Waals surface area contributed by atoms with Gasteiger partial charge in [0.25, 0.3) is 16.7 Å². The molecule has 13 N–H and O–H groups in total. The molecule has 6 aromatic heterocycles. The number of nitrogens with one attached hydrogen (secondary N) is 8. The summed E-state index contributed by atoms with van der Waals surface area (Å²) in [5.74, 6) is -4.76. The molecule has 9 aromatic rings. The molecule has 3 aromatic carbocycles. The number of fused-ring (bicyclic) bond motifs is 3. The number of para-hydroxylation sites is 3. The third-order valence-electron chi connectivity index (χ3n) is 19.6. The van der Waals surface area contributed by atoms with Gasteiger partial charge in [-0.2, -0.15) is 30.2 Å². The van der Waals surface area contributed by atoms with E-state index < -0.39 is 223 Å². The Hall–Kier alpha value is -10.1. The number of rotatable bonds is 37. The van der Waals surface area contributed by atoms with Crippen LogP contribution in [-0.4, -0.2) is 205 Å². The van der Waals surface area contributed by atoms with Crippen molar-refractivity contribution >= 4 is 92.1 Å². The van der Waals surface area contributed by atoms with Crippen LogP contribution in [-0.2, 0) is 70.1 Å². The average Bonchev–Trinajstić information content (AvgIpc) is 1.59. The summed E-state index contributed by atoms with van der Waals surface area (Å²) in [6.07, 6.45) is -24.4. The number of aliphatic hydroxyl groups excluding tert-OH is 3. The quantitative estimate of drug-likeness (QED) is 0.00579. The first-order valence-corrected chi connectivity index (χ1v) is 42.2. The van der Waals surface area contributed by atoms with Crippen LogP contribution in [0.5, 0.6) is 17.2 Å². The maximum Gasteiger partial charge on any atom is 0.459 e. The van der Waals surface area contributed by atoms with Crippen molar-refractivity contribution in [2.45, 2.75) is 197 Å². The second kappa shape index (κ2) is 36.2. The van der Waals surface area contributed by atoms with E-state index in [-0.39, 0.29) is 50.6 Å². The second-order valence-corrected chi connectivity index (χ2v) is 34.1. The summed E-state index contributed by atoms with van der Waals surface area (Å²) >= 11 is 0. The molecule has 3 aliphatic heterocycles. The number of aromatic nitrogens is 9. The van der Waals surface area contributed by atoms with E-state index in [4.69, 9.17) is 61.3 Å². The number of nitrogens with zero attached hydrogens (tertiary/aromatic N) is 6. The maximum absolute atomic E-state index is 17.4. The molecular formula is C73H88F6N15O24P3. The molecule has 0 radical (unpaired) electrons. The van der Waals surface area contributed by atoms with Crippen LogP contribution in [0.1, 0.15) is 87.9 Å². The van der Waals surface area contributed by atoms with Crippen LogP contribution >= 0.6 is 23.2 Å². The fourth-order valence-electron chi connectivity index (χ4n) is 13.7. The highest BCUT2D eigenvalue weighted by atomic mass is 31.2. The van der Waals surface area contributed by atoms with Crippen LogP contribution in [0.15, 0.2) is 142 Å². The van der Waals surface area contributed by atoms with Crippen LogP contribution in [0, 0.1) is 0 Å². The lowest BCUT2D eigenvalue weighted by Gasteiger charge is -2.29. The van der Waals surface area contributed by atoms with E-state index in [1.165, 1.54) is 114 Å². The predicted octanol–water partition coefficient (Wildman–Crippen LogP) is 7.86. The molecule has 39 nitrogen and oxygen atoms in total. The molecule has 0 saturated carbocycles. The molecule has 3 fully saturated rings. The van der Waals surface area contributed by atoms with Crippen LogP contribution in [0.3, 0.4) is 0 Å². The number of aromatic amines is 3. The zero-order valence-electron chi connectivity index (χ0n) is 65.9. The van der Waals surface area contributed by atoms with E-state index in [9.17, 15) is 57.6 Å². The monoisotopic (exact) mass is 1770 g/mol. The molecule has 0 bridgehead atoms. The number of hydrogen-bond donors (Lipinski definition) is 12. The van der Waals surface area contributed by atoms with Gasteiger partial charge in [-0.1, -0.05) is 54.6 Å². The number of esters is 3. The van der Waals surface area contributed by atoms with Gasteiger partial charge in [0.05, 0.1) is 40.6 Å². The number of benzene rings is 3. The Kier molecular flexibility index (Phi) is 26.9. The highest BCUT2D eigenvalue weighted by molar-refractivity contribution is 7.52. The van der Waals surface area contributed by atoms with E-state index in [0.29, 0.717) is 0 Å². The van der Waals surface area contributed by atoms with E-state index >= 15 is 26.5 Å². The number of carbonyl (C=O) groups is 3. The van der Waals surface area contributed by atoms with Gasteiger partial charge in [0.1, 0.15) is 92.0 Å². The molecule has 3 aliphatic rings. The Labute approximate surface area is 682 Å². The molecule has 0 aliphatic carbocycles. The van der Waals surface area contributed by atoms with E-state index in [0.717, 1.165) is 52.2 Å². The van der Waals surface area contributed by atoms with Gasteiger partial charge in [0, 0.05) is 18.6 Å². The smallest absolute Gasteiger partial charge is 0.459 e. The lowest BCUT2D eigenvalue weighted by Crippen LogP contribution is -2.47. The zero-order valence-corrected chi connectivity index (χ0v) is 68.6. The number of nitrogen functional groups attached to an aromatic ring is 1. The van der Waals surface area contributed by atoms with Gasteiger partial charge in [-0.15, -0.1) is 0 Å². The van der Waals surface area contributed by atoms with Gasteiger partial charge in [0.2, 0.25) is 34.9 Å². The largest absolute Gasteiger partial charge is 0.462 e. The number of hydrogen-bond acceptors (Lipinski definition) is 30. The van der Waals surface area contributed by atoms with Gasteiger partial charge in [-0.25, -0.2) is 40.0 Å². The number of aliphatic hydroxyl groups is 3. The SMILES string of the molecule is CC(C)OC(=O)[C@H](C)NP(=O)(Oc1ccccc1)O[C@H](C)[C@H]1O[C@@H](n2ccc3c(=O)[nH]c(NC(C)OC(=O)[C@H](C)N[P@@](=O)(Oc4ccccc4)O[C@H](C)[C@H]4O[C@@H](n5ccc6c(=O)[nH]c(NC(C)OC(=O)[C@H](C)N[P@](=O)(Oc7ccccc7)O[C@H](C)[C@H]7O[C@@H](n8ccc9c(=O)[nH]c(N)nc98)[C@@](F)(CF)C7O)nc65)[C@@](F)(CF)C4O)nc32)[C@@](F)(CF)C1O. The molecule has 12 rings (SSSR count). The number of carbonyl (C=O) groups excluding carboxylic acids is 3. The first-order valence-electron chi connectivity index (χ1n) is 37.6. The number of ether oxygens (including phenoxy) is 6. The number of anilines is 3. The van der Waals surface area contributed by atoms with Crippen LogP contribution < -0.4 is 61.9 Å². The van der Waals surface area contributed by atoms with Crippen molar-refractivity contribution in [3.8, 4) is 17.2 Å². The summed E-state index contributed by atoms with van der Waals surface area (Å²) in [5.41, 5.74) is -7.76. The Morgan fingerprint density at radius 3 is 1.03 bits per heavy atom. The first kappa shape index (κ1) is 90.2. The lowest BCUT2D eigenvalue weighted by molar-refractivity contribution is -0.149. The number of nitrogens with two attached hydrogens (primary N) is 1. The third-order valence-corrected chi connectivity index (χ3v) is 24.9. The minimum Gasteiger partial charge on any atom is -0.462 e. The van der Waals surface area contributed by atoms with Crippen molar-refractivity contribution < 1.29 is 125 Å². The van der Waals surface area contributed by atoms with Crippen molar-refractivity contribution in [2.24, 2.45) is 0 Å². The molecule has 9 heterocycles. The molecule has 656 valence electrons.